The van der Waals surface area contributed by atoms with Crippen molar-refractivity contribution in [3.63, 3.8) is 0 Å². The molecular formula is C22H18BrN3O3S. The molecule has 2 aromatic carbocycles. The molecule has 8 heteroatoms. The number of halogens is 1. The maximum atomic E-state index is 12.9. The maximum absolute atomic E-state index is 12.9. The van der Waals surface area contributed by atoms with Crippen molar-refractivity contribution in [2.75, 3.05) is 5.75 Å². The van der Waals surface area contributed by atoms with Crippen LogP contribution in [-0.4, -0.2) is 26.8 Å². The first-order chi connectivity index (χ1) is 14.7. The number of carbonyl (C=O) groups is 1. The number of aromatic nitrogens is 2. The Kier molecular flexibility index (Phi) is 6.66. The second-order valence-electron chi connectivity index (χ2n) is 6.49. The Balaban J connectivity index is 1.42. The minimum atomic E-state index is -0.0394. The molecule has 0 unspecified atom stereocenters. The Bertz CT molecular complexity index is 1100. The molecule has 0 N–H and O–H groups in total. The van der Waals surface area contributed by atoms with Crippen molar-refractivity contribution in [3.05, 3.63) is 88.8 Å². The fourth-order valence-electron chi connectivity index (χ4n) is 2.85. The van der Waals surface area contributed by atoms with Crippen molar-refractivity contribution < 1.29 is 13.6 Å². The van der Waals surface area contributed by atoms with Gasteiger partial charge in [-0.3, -0.25) is 4.79 Å². The largest absolute Gasteiger partial charge is 0.467 e. The molecule has 4 rings (SSSR count). The van der Waals surface area contributed by atoms with Gasteiger partial charge in [0.15, 0.2) is 0 Å². The third-order valence-electron chi connectivity index (χ3n) is 4.29. The molecule has 1 amide bonds. The molecule has 0 radical (unpaired) electrons. The topological polar surface area (TPSA) is 72.4 Å². The van der Waals surface area contributed by atoms with E-state index in [-0.39, 0.29) is 11.7 Å². The van der Waals surface area contributed by atoms with Crippen LogP contribution < -0.4 is 0 Å². The van der Waals surface area contributed by atoms with E-state index in [1.807, 2.05) is 66.7 Å². The minimum Gasteiger partial charge on any atom is -0.467 e. The van der Waals surface area contributed by atoms with Gasteiger partial charge >= 0.3 is 0 Å². The smallest absolute Gasteiger partial charge is 0.277 e. The van der Waals surface area contributed by atoms with E-state index in [4.69, 9.17) is 8.83 Å². The standard InChI is InChI=1S/C22H18BrN3O3S/c23-18-9-4-8-17(12-18)21-24-25-22(29-21)30-15-20(27)26(14-19-10-5-11-28-19)13-16-6-2-1-3-7-16/h1-12H,13-15H2. The average Bonchev–Trinajstić information content (AvgIpc) is 3.44. The Morgan fingerprint density at radius 2 is 1.87 bits per heavy atom. The van der Waals surface area contributed by atoms with Gasteiger partial charge in [0.1, 0.15) is 5.76 Å². The molecule has 30 heavy (non-hydrogen) atoms. The number of hydrogen-bond acceptors (Lipinski definition) is 6. The molecule has 0 aliphatic heterocycles. The van der Waals surface area contributed by atoms with Crippen molar-refractivity contribution in [2.45, 2.75) is 18.3 Å². The molecule has 0 bridgehead atoms. The molecule has 0 saturated heterocycles. The first-order valence-electron chi connectivity index (χ1n) is 9.24. The van der Waals surface area contributed by atoms with Crippen molar-refractivity contribution in [1.82, 2.24) is 15.1 Å². The van der Waals surface area contributed by atoms with Gasteiger partial charge in [0.25, 0.3) is 5.22 Å². The zero-order chi connectivity index (χ0) is 20.8. The van der Waals surface area contributed by atoms with E-state index >= 15 is 0 Å². The summed E-state index contributed by atoms with van der Waals surface area (Å²) in [6.45, 7) is 0.891. The molecule has 152 valence electrons. The second kappa shape index (κ2) is 9.77. The highest BCUT2D eigenvalue weighted by atomic mass is 79.9. The highest BCUT2D eigenvalue weighted by Crippen LogP contribution is 2.25. The molecule has 6 nitrogen and oxygen atoms in total. The predicted molar refractivity (Wildman–Crippen MR) is 118 cm³/mol. The first-order valence-corrected chi connectivity index (χ1v) is 11.0. The lowest BCUT2D eigenvalue weighted by molar-refractivity contribution is -0.129. The van der Waals surface area contributed by atoms with Crippen molar-refractivity contribution >= 4 is 33.6 Å². The minimum absolute atomic E-state index is 0.0394. The highest BCUT2D eigenvalue weighted by Gasteiger charge is 2.18. The highest BCUT2D eigenvalue weighted by molar-refractivity contribution is 9.10. The van der Waals surface area contributed by atoms with E-state index in [2.05, 4.69) is 26.1 Å². The van der Waals surface area contributed by atoms with Crippen LogP contribution in [0.25, 0.3) is 11.5 Å². The van der Waals surface area contributed by atoms with E-state index in [0.717, 1.165) is 21.4 Å². The Morgan fingerprint density at radius 3 is 2.63 bits per heavy atom. The van der Waals surface area contributed by atoms with Crippen LogP contribution in [0.1, 0.15) is 11.3 Å². The number of thioether (sulfide) groups is 1. The van der Waals surface area contributed by atoms with Crippen LogP contribution in [-0.2, 0) is 17.9 Å². The molecule has 4 aromatic rings. The van der Waals surface area contributed by atoms with Crippen molar-refractivity contribution in [2.24, 2.45) is 0 Å². The van der Waals surface area contributed by atoms with Gasteiger partial charge in [0.2, 0.25) is 11.8 Å². The van der Waals surface area contributed by atoms with Gasteiger partial charge in [-0.2, -0.15) is 0 Å². The Labute approximate surface area is 186 Å². The lowest BCUT2D eigenvalue weighted by Gasteiger charge is -2.21. The van der Waals surface area contributed by atoms with Crippen LogP contribution in [0, 0.1) is 0 Å². The number of nitrogens with zero attached hydrogens (tertiary/aromatic N) is 3. The zero-order valence-corrected chi connectivity index (χ0v) is 18.3. The number of hydrogen-bond donors (Lipinski definition) is 0. The summed E-state index contributed by atoms with van der Waals surface area (Å²) in [6, 6.07) is 21.2. The third-order valence-corrected chi connectivity index (χ3v) is 5.59. The van der Waals surface area contributed by atoms with Crippen LogP contribution in [0.3, 0.4) is 0 Å². The van der Waals surface area contributed by atoms with E-state index in [1.54, 1.807) is 11.2 Å². The lowest BCUT2D eigenvalue weighted by Crippen LogP contribution is -2.31. The fourth-order valence-corrected chi connectivity index (χ4v) is 3.91. The lowest BCUT2D eigenvalue weighted by atomic mass is 10.2. The maximum Gasteiger partial charge on any atom is 0.277 e. The van der Waals surface area contributed by atoms with Crippen LogP contribution >= 0.6 is 27.7 Å². The summed E-state index contributed by atoms with van der Waals surface area (Å²) < 4.78 is 12.1. The Morgan fingerprint density at radius 1 is 1.00 bits per heavy atom. The van der Waals surface area contributed by atoms with Gasteiger partial charge in [-0.25, -0.2) is 0 Å². The predicted octanol–water partition coefficient (Wildman–Crippen LogP) is 5.41. The van der Waals surface area contributed by atoms with Crippen LogP contribution in [0.15, 0.2) is 91.5 Å². The molecule has 0 atom stereocenters. The second-order valence-corrected chi connectivity index (χ2v) is 8.33. The molecule has 0 saturated carbocycles. The number of furan rings is 1. The SMILES string of the molecule is O=C(CSc1nnc(-c2cccc(Br)c2)o1)N(Cc1ccccc1)Cc1ccco1. The van der Waals surface area contributed by atoms with E-state index in [9.17, 15) is 4.79 Å². The number of rotatable bonds is 8. The van der Waals surface area contributed by atoms with Gasteiger partial charge in [-0.1, -0.05) is 64.1 Å². The van der Waals surface area contributed by atoms with Crippen LogP contribution in [0.2, 0.25) is 0 Å². The van der Waals surface area contributed by atoms with E-state index < -0.39 is 0 Å². The number of amides is 1. The zero-order valence-electron chi connectivity index (χ0n) is 15.9. The van der Waals surface area contributed by atoms with Crippen LogP contribution in [0.5, 0.6) is 0 Å². The van der Waals surface area contributed by atoms with Gasteiger partial charge in [0, 0.05) is 16.6 Å². The average molecular weight is 484 g/mol. The molecule has 2 aromatic heterocycles. The quantitative estimate of drug-likeness (QED) is 0.312. The molecule has 0 aliphatic rings. The van der Waals surface area contributed by atoms with Crippen molar-refractivity contribution in [1.29, 1.82) is 0 Å². The summed E-state index contributed by atoms with van der Waals surface area (Å²) in [4.78, 5) is 14.7. The summed E-state index contributed by atoms with van der Waals surface area (Å²) in [5, 5.41) is 8.49. The fraction of sp³-hybridized carbons (Fsp3) is 0.136. The first kappa shape index (κ1) is 20.4. The normalized spacial score (nSPS) is 10.8. The summed E-state index contributed by atoms with van der Waals surface area (Å²) in [5.74, 6) is 1.30. The molecule has 0 fully saturated rings. The summed E-state index contributed by atoms with van der Waals surface area (Å²) in [7, 11) is 0. The van der Waals surface area contributed by atoms with Crippen molar-refractivity contribution in [3.8, 4) is 11.5 Å². The summed E-state index contributed by atoms with van der Waals surface area (Å²) in [5.41, 5.74) is 1.87. The molecule has 0 spiro atoms. The van der Waals surface area contributed by atoms with Gasteiger partial charge in [-0.15, -0.1) is 10.2 Å². The van der Waals surface area contributed by atoms with E-state index in [0.29, 0.717) is 24.2 Å². The summed E-state index contributed by atoms with van der Waals surface area (Å²) >= 11 is 4.66. The summed E-state index contributed by atoms with van der Waals surface area (Å²) in [6.07, 6.45) is 1.61. The Hall–Kier alpha value is -2.84. The molecule has 0 aliphatic carbocycles. The molecule has 2 heterocycles. The number of carbonyl (C=O) groups excluding carboxylic acids is 1. The van der Waals surface area contributed by atoms with Crippen LogP contribution in [0.4, 0.5) is 0 Å². The van der Waals surface area contributed by atoms with E-state index in [1.165, 1.54) is 11.8 Å². The van der Waals surface area contributed by atoms with Gasteiger partial charge in [0.05, 0.1) is 18.6 Å². The number of benzene rings is 2. The third kappa shape index (κ3) is 5.40. The monoisotopic (exact) mass is 483 g/mol. The van der Waals surface area contributed by atoms with Gasteiger partial charge in [-0.05, 0) is 35.9 Å². The molecular weight excluding hydrogens is 466 g/mol. The van der Waals surface area contributed by atoms with Gasteiger partial charge < -0.3 is 13.7 Å².